The number of benzene rings is 1. The lowest BCUT2D eigenvalue weighted by molar-refractivity contribution is -0.115. The highest BCUT2D eigenvalue weighted by atomic mass is 32.2. The maximum absolute atomic E-state index is 12.8. The molecule has 3 aromatic rings. The molecular weight excluding hydrogens is 575 g/mol. The van der Waals surface area contributed by atoms with Gasteiger partial charge in [-0.05, 0) is 56.4 Å². The van der Waals surface area contributed by atoms with Crippen LogP contribution >= 0.6 is 22.7 Å². The smallest absolute Gasteiger partial charge is 0.341 e. The van der Waals surface area contributed by atoms with Crippen LogP contribution in [0.15, 0.2) is 35.8 Å². The number of thiazole rings is 1. The lowest BCUT2D eigenvalue weighted by Gasteiger charge is -2.08. The van der Waals surface area contributed by atoms with E-state index < -0.39 is 39.1 Å². The Labute approximate surface area is 240 Å². The highest BCUT2D eigenvalue weighted by Crippen LogP contribution is 2.38. The molecule has 1 aliphatic rings. The topological polar surface area (TPSA) is 133 Å². The summed E-state index contributed by atoms with van der Waals surface area (Å²) in [7, 11) is -2.60. The first-order valence-corrected chi connectivity index (χ1v) is 16.3. The Bertz CT molecular complexity index is 1630. The van der Waals surface area contributed by atoms with Crippen molar-refractivity contribution in [3.8, 4) is 5.75 Å². The summed E-state index contributed by atoms with van der Waals surface area (Å²) >= 11 is 2.50. The fourth-order valence-corrected chi connectivity index (χ4v) is 7.96. The van der Waals surface area contributed by atoms with Crippen LogP contribution in [0.5, 0.6) is 5.75 Å². The first-order valence-electron chi connectivity index (χ1n) is 12.8. The molecule has 214 valence electrons. The highest BCUT2D eigenvalue weighted by Gasteiger charge is 2.28. The van der Waals surface area contributed by atoms with E-state index >= 15 is 0 Å². The Morgan fingerprint density at radius 3 is 2.65 bits per heavy atom. The number of aryl methyl sites for hydroxylation is 1. The minimum atomic E-state index is -4.15. The van der Waals surface area contributed by atoms with Crippen molar-refractivity contribution in [2.45, 2.75) is 45.6 Å². The quantitative estimate of drug-likeness (QED) is 0.211. The second kappa shape index (κ2) is 12.9. The average molecular weight is 606 g/mol. The number of methoxy groups -OCH3 is 1. The van der Waals surface area contributed by atoms with Gasteiger partial charge >= 0.3 is 5.97 Å². The first kappa shape index (κ1) is 29.7. The van der Waals surface area contributed by atoms with E-state index in [1.165, 1.54) is 22.7 Å². The van der Waals surface area contributed by atoms with Gasteiger partial charge in [-0.3, -0.25) is 9.59 Å². The van der Waals surface area contributed by atoms with Crippen LogP contribution in [0.4, 0.5) is 5.00 Å². The number of amides is 2. The number of aromatic nitrogens is 1. The number of sulfone groups is 1. The number of thiophene rings is 1. The summed E-state index contributed by atoms with van der Waals surface area (Å²) in [4.78, 5) is 43.6. The predicted octanol–water partition coefficient (Wildman–Crippen LogP) is 3.89. The number of anilines is 1. The Morgan fingerprint density at radius 1 is 1.15 bits per heavy atom. The third kappa shape index (κ3) is 6.88. The van der Waals surface area contributed by atoms with Gasteiger partial charge < -0.3 is 19.4 Å². The largest absolute Gasteiger partial charge is 0.497 e. The molecule has 2 amide bonds. The van der Waals surface area contributed by atoms with Crippen LogP contribution in [0.1, 0.15) is 47.0 Å². The van der Waals surface area contributed by atoms with Crippen molar-refractivity contribution in [2.75, 3.05) is 30.5 Å². The number of esters is 1. The van der Waals surface area contributed by atoms with Crippen LogP contribution in [0.2, 0.25) is 0 Å². The van der Waals surface area contributed by atoms with Crippen molar-refractivity contribution in [2.24, 2.45) is 4.99 Å². The van der Waals surface area contributed by atoms with Crippen molar-refractivity contribution in [3.05, 3.63) is 51.7 Å². The number of rotatable bonds is 10. The molecule has 0 spiro atoms. The molecule has 10 nitrogen and oxygen atoms in total. The summed E-state index contributed by atoms with van der Waals surface area (Å²) in [6, 6.07) is 5.41. The Morgan fingerprint density at radius 2 is 1.93 bits per heavy atom. The number of carbonyl (C=O) groups excluding carboxylic acids is 3. The SMILES string of the molecule is C=CCn1c(=NC(=O)CS(=O)(=O)CC(=O)Nc2sc3c(c2C(=O)OCC)CCCCC3)sc2cc(OC)ccc21. The zero-order chi connectivity index (χ0) is 28.9. The van der Waals surface area contributed by atoms with E-state index in [4.69, 9.17) is 9.47 Å². The molecule has 2 aromatic heterocycles. The minimum Gasteiger partial charge on any atom is -0.497 e. The van der Waals surface area contributed by atoms with E-state index in [0.717, 1.165) is 46.3 Å². The van der Waals surface area contributed by atoms with Crippen molar-refractivity contribution in [3.63, 3.8) is 0 Å². The Balaban J connectivity index is 1.52. The fraction of sp³-hybridized carbons (Fsp3) is 0.407. The van der Waals surface area contributed by atoms with Crippen molar-refractivity contribution in [1.82, 2.24) is 4.57 Å². The number of hydrogen-bond donors (Lipinski definition) is 1. The standard InChI is InChI=1S/C27H31N3O7S3/c1-4-13-30-19-12-11-17(36-3)14-21(19)39-27(30)29-23(32)16-40(34,35)15-22(31)28-25-24(26(33)37-5-2)18-9-7-6-8-10-20(18)38-25/h4,11-12,14H,1,5-10,13,15-16H2,2-3H3,(H,28,31). The van der Waals surface area contributed by atoms with Gasteiger partial charge in [0.1, 0.15) is 22.3 Å². The second-order valence-electron chi connectivity index (χ2n) is 9.19. The molecule has 0 bridgehead atoms. The van der Waals surface area contributed by atoms with Crippen LogP contribution in [-0.4, -0.2) is 56.0 Å². The predicted molar refractivity (Wildman–Crippen MR) is 156 cm³/mol. The molecule has 0 fully saturated rings. The summed E-state index contributed by atoms with van der Waals surface area (Å²) in [6.07, 6.45) is 6.07. The summed E-state index contributed by atoms with van der Waals surface area (Å²) in [5.41, 5.74) is 1.96. The summed E-state index contributed by atoms with van der Waals surface area (Å²) in [6.45, 7) is 5.98. The maximum atomic E-state index is 12.8. The molecule has 0 saturated carbocycles. The lowest BCUT2D eigenvalue weighted by atomic mass is 10.1. The van der Waals surface area contributed by atoms with Crippen LogP contribution in [0.25, 0.3) is 10.2 Å². The summed E-state index contributed by atoms with van der Waals surface area (Å²) < 4.78 is 38.6. The fourth-order valence-electron chi connectivity index (χ4n) is 4.56. The Kier molecular flexibility index (Phi) is 9.59. The molecule has 1 aromatic carbocycles. The third-order valence-electron chi connectivity index (χ3n) is 6.27. The van der Waals surface area contributed by atoms with Gasteiger partial charge in [0.2, 0.25) is 5.91 Å². The van der Waals surface area contributed by atoms with Gasteiger partial charge in [-0.1, -0.05) is 23.8 Å². The van der Waals surface area contributed by atoms with Gasteiger partial charge in [0.25, 0.3) is 5.91 Å². The zero-order valence-electron chi connectivity index (χ0n) is 22.4. The van der Waals surface area contributed by atoms with E-state index in [1.54, 1.807) is 36.8 Å². The summed E-state index contributed by atoms with van der Waals surface area (Å²) in [5, 5.41) is 2.88. The van der Waals surface area contributed by atoms with Crippen molar-refractivity contribution >= 4 is 65.5 Å². The lowest BCUT2D eigenvalue weighted by Crippen LogP contribution is -2.28. The molecule has 40 heavy (non-hydrogen) atoms. The molecule has 13 heteroatoms. The monoisotopic (exact) mass is 605 g/mol. The normalized spacial score (nSPS) is 13.9. The van der Waals surface area contributed by atoms with Gasteiger partial charge in [0.05, 0.1) is 29.5 Å². The van der Waals surface area contributed by atoms with Crippen molar-refractivity contribution < 1.29 is 32.3 Å². The number of ether oxygens (including phenoxy) is 2. The zero-order valence-corrected chi connectivity index (χ0v) is 24.8. The average Bonchev–Trinajstić information content (AvgIpc) is 3.29. The minimum absolute atomic E-state index is 0.178. The molecule has 0 radical (unpaired) electrons. The van der Waals surface area contributed by atoms with E-state index in [2.05, 4.69) is 16.9 Å². The van der Waals surface area contributed by atoms with E-state index in [9.17, 15) is 22.8 Å². The van der Waals surface area contributed by atoms with Gasteiger partial charge in [0.15, 0.2) is 14.6 Å². The number of nitrogens with zero attached hydrogens (tertiary/aromatic N) is 2. The van der Waals surface area contributed by atoms with Crippen LogP contribution in [0.3, 0.4) is 0 Å². The third-order valence-corrected chi connectivity index (χ3v) is 9.91. The first-order chi connectivity index (χ1) is 19.2. The molecule has 1 aliphatic carbocycles. The second-order valence-corrected chi connectivity index (χ2v) is 13.4. The van der Waals surface area contributed by atoms with Gasteiger partial charge in [-0.2, -0.15) is 4.99 Å². The number of carbonyl (C=O) groups is 3. The molecule has 0 aliphatic heterocycles. The number of hydrogen-bond acceptors (Lipinski definition) is 9. The molecule has 1 N–H and O–H groups in total. The van der Waals surface area contributed by atoms with Crippen LogP contribution in [0, 0.1) is 0 Å². The molecule has 0 unspecified atom stereocenters. The van der Waals surface area contributed by atoms with E-state index in [-0.39, 0.29) is 11.6 Å². The van der Waals surface area contributed by atoms with Gasteiger partial charge in [0, 0.05) is 11.4 Å². The van der Waals surface area contributed by atoms with Gasteiger partial charge in [-0.15, -0.1) is 17.9 Å². The number of allylic oxidation sites excluding steroid dienone is 1. The number of fused-ring (bicyclic) bond motifs is 2. The molecule has 0 atom stereocenters. The van der Waals surface area contributed by atoms with E-state index in [1.807, 2.05) is 6.07 Å². The van der Waals surface area contributed by atoms with Crippen LogP contribution in [-0.2, 0) is 43.5 Å². The maximum Gasteiger partial charge on any atom is 0.341 e. The molecule has 2 heterocycles. The molecular formula is C27H31N3O7S3. The van der Waals surface area contributed by atoms with Crippen LogP contribution < -0.4 is 14.9 Å². The molecule has 0 saturated heterocycles. The number of nitrogens with one attached hydrogen (secondary N) is 1. The van der Waals surface area contributed by atoms with Gasteiger partial charge in [-0.25, -0.2) is 13.2 Å². The van der Waals surface area contributed by atoms with Crippen molar-refractivity contribution in [1.29, 1.82) is 0 Å². The molecule has 4 rings (SSSR count). The highest BCUT2D eigenvalue weighted by molar-refractivity contribution is 7.92. The Hall–Kier alpha value is -3.29. The summed E-state index contributed by atoms with van der Waals surface area (Å²) in [5.74, 6) is -3.47. The van der Waals surface area contributed by atoms with E-state index in [0.29, 0.717) is 29.1 Å².